The highest BCUT2D eigenvalue weighted by Crippen LogP contribution is 2.28. The normalized spacial score (nSPS) is 10.2. The summed E-state index contributed by atoms with van der Waals surface area (Å²) in [5, 5.41) is 0. The van der Waals surface area contributed by atoms with Crippen LogP contribution in [0.3, 0.4) is 0 Å². The second-order valence-electron chi connectivity index (χ2n) is 3.98. The van der Waals surface area contributed by atoms with Crippen LogP contribution in [-0.4, -0.2) is 23.6 Å². The average molecular weight is 259 g/mol. The lowest BCUT2D eigenvalue weighted by Gasteiger charge is -2.11. The standard InChI is InChI=1S/C14H17N3O2/c1-18-12-4-3-11(5-6-15)9-13(12)19-10-14-16-7-2-8-17-14/h2-4,7-9H,5-6,10,15H2,1H3. The van der Waals surface area contributed by atoms with Crippen LogP contribution in [0.15, 0.2) is 36.7 Å². The molecule has 0 aliphatic carbocycles. The van der Waals surface area contributed by atoms with E-state index in [-0.39, 0.29) is 0 Å². The first-order valence-electron chi connectivity index (χ1n) is 6.09. The Balaban J connectivity index is 2.11. The summed E-state index contributed by atoms with van der Waals surface area (Å²) in [5.41, 5.74) is 6.67. The predicted octanol–water partition coefficient (Wildman–Crippen LogP) is 1.57. The Kier molecular flexibility index (Phi) is 4.69. The van der Waals surface area contributed by atoms with Crippen molar-refractivity contribution in [1.82, 2.24) is 9.97 Å². The first kappa shape index (κ1) is 13.3. The number of ether oxygens (including phenoxy) is 2. The fourth-order valence-corrected chi connectivity index (χ4v) is 1.70. The largest absolute Gasteiger partial charge is 0.493 e. The van der Waals surface area contributed by atoms with Gasteiger partial charge in [-0.15, -0.1) is 0 Å². The second-order valence-corrected chi connectivity index (χ2v) is 3.98. The molecule has 19 heavy (non-hydrogen) atoms. The highest BCUT2D eigenvalue weighted by atomic mass is 16.5. The van der Waals surface area contributed by atoms with E-state index in [2.05, 4.69) is 9.97 Å². The molecule has 0 aliphatic rings. The van der Waals surface area contributed by atoms with Gasteiger partial charge in [-0.3, -0.25) is 0 Å². The van der Waals surface area contributed by atoms with Crippen LogP contribution in [0.25, 0.3) is 0 Å². The van der Waals surface area contributed by atoms with Crippen LogP contribution >= 0.6 is 0 Å². The molecule has 0 atom stereocenters. The second kappa shape index (κ2) is 6.70. The monoisotopic (exact) mass is 259 g/mol. The van der Waals surface area contributed by atoms with E-state index in [1.165, 1.54) is 0 Å². The molecule has 0 fully saturated rings. The minimum atomic E-state index is 0.309. The number of nitrogens with two attached hydrogens (primary N) is 1. The van der Waals surface area contributed by atoms with Gasteiger partial charge in [0.2, 0.25) is 0 Å². The maximum absolute atomic E-state index is 5.71. The quantitative estimate of drug-likeness (QED) is 0.852. The Morgan fingerprint density at radius 2 is 1.95 bits per heavy atom. The van der Waals surface area contributed by atoms with E-state index in [9.17, 15) is 0 Å². The van der Waals surface area contributed by atoms with E-state index < -0.39 is 0 Å². The Morgan fingerprint density at radius 1 is 1.16 bits per heavy atom. The maximum atomic E-state index is 5.71. The Labute approximate surface area is 112 Å². The number of hydrogen-bond donors (Lipinski definition) is 1. The van der Waals surface area contributed by atoms with Gasteiger partial charge < -0.3 is 15.2 Å². The Hall–Kier alpha value is -2.14. The number of nitrogens with zero attached hydrogens (tertiary/aromatic N) is 2. The van der Waals surface area contributed by atoms with Crippen LogP contribution in [0.2, 0.25) is 0 Å². The lowest BCUT2D eigenvalue weighted by atomic mass is 10.1. The van der Waals surface area contributed by atoms with E-state index >= 15 is 0 Å². The molecule has 0 amide bonds. The lowest BCUT2D eigenvalue weighted by molar-refractivity contribution is 0.276. The van der Waals surface area contributed by atoms with Gasteiger partial charge in [0.15, 0.2) is 17.3 Å². The third-order valence-corrected chi connectivity index (χ3v) is 2.64. The molecule has 5 heteroatoms. The molecule has 0 saturated heterocycles. The molecule has 0 spiro atoms. The first-order chi connectivity index (χ1) is 9.33. The van der Waals surface area contributed by atoms with Crippen molar-refractivity contribution in [3.05, 3.63) is 48.0 Å². The molecule has 0 unspecified atom stereocenters. The van der Waals surface area contributed by atoms with Gasteiger partial charge in [0, 0.05) is 12.4 Å². The van der Waals surface area contributed by atoms with Crippen molar-refractivity contribution in [2.24, 2.45) is 5.73 Å². The fourth-order valence-electron chi connectivity index (χ4n) is 1.70. The summed E-state index contributed by atoms with van der Waals surface area (Å²) in [4.78, 5) is 8.22. The summed E-state index contributed by atoms with van der Waals surface area (Å²) >= 11 is 0. The van der Waals surface area contributed by atoms with Crippen LogP contribution in [0.1, 0.15) is 11.4 Å². The Bertz CT molecular complexity index is 517. The van der Waals surface area contributed by atoms with Crippen LogP contribution in [0.5, 0.6) is 11.5 Å². The van der Waals surface area contributed by atoms with Gasteiger partial charge in [-0.05, 0) is 36.7 Å². The van der Waals surface area contributed by atoms with Gasteiger partial charge in [-0.25, -0.2) is 9.97 Å². The van der Waals surface area contributed by atoms with Crippen molar-refractivity contribution in [2.75, 3.05) is 13.7 Å². The van der Waals surface area contributed by atoms with E-state index in [4.69, 9.17) is 15.2 Å². The summed E-state index contributed by atoms with van der Waals surface area (Å²) in [6.07, 6.45) is 4.18. The smallest absolute Gasteiger partial charge is 0.166 e. The maximum Gasteiger partial charge on any atom is 0.166 e. The lowest BCUT2D eigenvalue weighted by Crippen LogP contribution is -2.05. The molecular formula is C14H17N3O2. The molecule has 0 aliphatic heterocycles. The minimum Gasteiger partial charge on any atom is -0.493 e. The SMILES string of the molecule is COc1ccc(CCN)cc1OCc1ncccn1. The van der Waals surface area contributed by atoms with Crippen molar-refractivity contribution in [1.29, 1.82) is 0 Å². The third kappa shape index (κ3) is 3.66. The summed E-state index contributed by atoms with van der Waals surface area (Å²) in [6.45, 7) is 0.914. The van der Waals surface area contributed by atoms with Crippen LogP contribution in [-0.2, 0) is 13.0 Å². The zero-order valence-corrected chi connectivity index (χ0v) is 10.9. The molecule has 0 saturated carbocycles. The van der Waals surface area contributed by atoms with Gasteiger partial charge >= 0.3 is 0 Å². The van der Waals surface area contributed by atoms with Gasteiger partial charge in [0.25, 0.3) is 0 Å². The Morgan fingerprint density at radius 3 is 2.63 bits per heavy atom. The van der Waals surface area contributed by atoms with Crippen molar-refractivity contribution in [2.45, 2.75) is 13.0 Å². The molecule has 2 rings (SSSR count). The van der Waals surface area contributed by atoms with E-state index in [0.717, 1.165) is 12.0 Å². The van der Waals surface area contributed by atoms with Gasteiger partial charge in [0.05, 0.1) is 7.11 Å². The van der Waals surface area contributed by atoms with Crippen molar-refractivity contribution < 1.29 is 9.47 Å². The highest BCUT2D eigenvalue weighted by Gasteiger charge is 2.06. The van der Waals surface area contributed by atoms with Crippen LogP contribution in [0, 0.1) is 0 Å². The molecule has 0 bridgehead atoms. The number of rotatable bonds is 6. The van der Waals surface area contributed by atoms with Crippen molar-refractivity contribution >= 4 is 0 Å². The average Bonchev–Trinajstić information content (AvgIpc) is 2.47. The van der Waals surface area contributed by atoms with Crippen molar-refractivity contribution in [3.8, 4) is 11.5 Å². The van der Waals surface area contributed by atoms with Crippen molar-refractivity contribution in [3.63, 3.8) is 0 Å². The summed E-state index contributed by atoms with van der Waals surface area (Å²) in [7, 11) is 1.61. The molecule has 0 radical (unpaired) electrons. The van der Waals surface area contributed by atoms with E-state index in [0.29, 0.717) is 30.5 Å². The first-order valence-corrected chi connectivity index (χ1v) is 6.09. The molecule has 100 valence electrons. The zero-order valence-electron chi connectivity index (χ0n) is 10.9. The summed E-state index contributed by atoms with van der Waals surface area (Å²) in [6, 6.07) is 7.57. The zero-order chi connectivity index (χ0) is 13.5. The van der Waals surface area contributed by atoms with Gasteiger partial charge in [0.1, 0.15) is 6.61 Å². The van der Waals surface area contributed by atoms with E-state index in [1.54, 1.807) is 25.6 Å². The summed E-state index contributed by atoms with van der Waals surface area (Å²) < 4.78 is 11.0. The molecule has 2 aromatic rings. The van der Waals surface area contributed by atoms with E-state index in [1.807, 2.05) is 18.2 Å². The third-order valence-electron chi connectivity index (χ3n) is 2.64. The van der Waals surface area contributed by atoms with Gasteiger partial charge in [-0.2, -0.15) is 0 Å². The molecule has 1 heterocycles. The number of hydrogen-bond acceptors (Lipinski definition) is 5. The molecule has 1 aromatic heterocycles. The number of benzene rings is 1. The number of aromatic nitrogens is 2. The molecule has 1 aromatic carbocycles. The molecule has 5 nitrogen and oxygen atoms in total. The topological polar surface area (TPSA) is 70.3 Å². The predicted molar refractivity (Wildman–Crippen MR) is 72.1 cm³/mol. The van der Waals surface area contributed by atoms with Gasteiger partial charge in [-0.1, -0.05) is 6.07 Å². The fraction of sp³-hybridized carbons (Fsp3) is 0.286. The molecule has 2 N–H and O–H groups in total. The number of methoxy groups -OCH3 is 1. The van der Waals surface area contributed by atoms with Crippen LogP contribution < -0.4 is 15.2 Å². The van der Waals surface area contributed by atoms with Crippen LogP contribution in [0.4, 0.5) is 0 Å². The summed E-state index contributed by atoms with van der Waals surface area (Å²) in [5.74, 6) is 2.01. The minimum absolute atomic E-state index is 0.309. The molecular weight excluding hydrogens is 242 g/mol. The highest BCUT2D eigenvalue weighted by molar-refractivity contribution is 5.43.